The van der Waals surface area contributed by atoms with Gasteiger partial charge in [-0.2, -0.15) is 5.10 Å². The summed E-state index contributed by atoms with van der Waals surface area (Å²) in [7, 11) is 0. The van der Waals surface area contributed by atoms with Gasteiger partial charge in [0.15, 0.2) is 5.17 Å². The Morgan fingerprint density at radius 1 is 1.12 bits per heavy atom. The number of ether oxygens (including phenoxy) is 1. The molecule has 1 aliphatic heterocycles. The first-order chi connectivity index (χ1) is 12.1. The van der Waals surface area contributed by atoms with E-state index in [-0.39, 0.29) is 11.6 Å². The van der Waals surface area contributed by atoms with Crippen LogP contribution in [0.25, 0.3) is 0 Å². The molecule has 0 aliphatic carbocycles. The molecule has 0 unspecified atom stereocenters. The Hall–Kier alpha value is -3.20. The molecule has 0 atom stereocenters. The molecule has 25 heavy (non-hydrogen) atoms. The smallest absolute Gasteiger partial charge is 0.269 e. The number of rotatable bonds is 5. The third kappa shape index (κ3) is 4.64. The predicted octanol–water partition coefficient (Wildman–Crippen LogP) is 2.94. The van der Waals surface area contributed by atoms with Crippen molar-refractivity contribution in [2.24, 2.45) is 10.2 Å². The fourth-order valence-electron chi connectivity index (χ4n) is 1.92. The van der Waals surface area contributed by atoms with Crippen LogP contribution in [0.15, 0.2) is 58.7 Å². The van der Waals surface area contributed by atoms with Crippen molar-refractivity contribution in [3.8, 4) is 11.5 Å². The van der Waals surface area contributed by atoms with Crippen molar-refractivity contribution in [1.29, 1.82) is 0 Å². The zero-order valence-corrected chi connectivity index (χ0v) is 13.6. The summed E-state index contributed by atoms with van der Waals surface area (Å²) in [6.45, 7) is 0. The number of nitrogens with zero attached hydrogens (tertiary/aromatic N) is 3. The van der Waals surface area contributed by atoms with E-state index in [0.29, 0.717) is 22.4 Å². The fourth-order valence-corrected chi connectivity index (χ4v) is 2.55. The van der Waals surface area contributed by atoms with Gasteiger partial charge in [-0.1, -0.05) is 11.8 Å². The molecular formula is C16H12N4O4S. The molecule has 126 valence electrons. The van der Waals surface area contributed by atoms with Crippen molar-refractivity contribution < 1.29 is 14.5 Å². The average molecular weight is 356 g/mol. The molecule has 0 radical (unpaired) electrons. The normalized spacial score (nSPS) is 15.5. The van der Waals surface area contributed by atoms with E-state index in [1.165, 1.54) is 36.0 Å². The summed E-state index contributed by atoms with van der Waals surface area (Å²) >= 11 is 1.31. The largest absolute Gasteiger partial charge is 0.457 e. The van der Waals surface area contributed by atoms with Crippen molar-refractivity contribution in [3.63, 3.8) is 0 Å². The van der Waals surface area contributed by atoms with Crippen molar-refractivity contribution in [3.05, 3.63) is 64.2 Å². The van der Waals surface area contributed by atoms with Crippen molar-refractivity contribution in [2.75, 3.05) is 5.75 Å². The molecule has 8 nitrogen and oxygen atoms in total. The van der Waals surface area contributed by atoms with Crippen LogP contribution in [-0.4, -0.2) is 28.0 Å². The molecule has 0 spiro atoms. The van der Waals surface area contributed by atoms with Crippen LogP contribution in [0.4, 0.5) is 5.69 Å². The van der Waals surface area contributed by atoms with Gasteiger partial charge in [0.05, 0.1) is 16.9 Å². The quantitative estimate of drug-likeness (QED) is 0.504. The zero-order valence-electron chi connectivity index (χ0n) is 12.8. The molecule has 1 N–H and O–H groups in total. The lowest BCUT2D eigenvalue weighted by molar-refractivity contribution is -0.384. The number of carbonyl (C=O) groups is 1. The van der Waals surface area contributed by atoms with Crippen LogP contribution in [0.1, 0.15) is 5.56 Å². The van der Waals surface area contributed by atoms with E-state index < -0.39 is 4.92 Å². The lowest BCUT2D eigenvalue weighted by Crippen LogP contribution is -2.19. The van der Waals surface area contributed by atoms with Gasteiger partial charge in [-0.3, -0.25) is 14.9 Å². The minimum absolute atomic E-state index is 0.0112. The van der Waals surface area contributed by atoms with Crippen LogP contribution in [0, 0.1) is 10.1 Å². The van der Waals surface area contributed by atoms with Gasteiger partial charge in [-0.05, 0) is 42.0 Å². The molecule has 1 heterocycles. The first kappa shape index (κ1) is 16.7. The molecule has 0 bridgehead atoms. The number of thioether (sulfide) groups is 1. The van der Waals surface area contributed by atoms with Gasteiger partial charge in [0.2, 0.25) is 5.91 Å². The van der Waals surface area contributed by atoms with E-state index in [1.807, 2.05) is 0 Å². The number of non-ortho nitro benzene ring substituents is 1. The second-order valence-electron chi connectivity index (χ2n) is 4.91. The summed E-state index contributed by atoms with van der Waals surface area (Å²) in [6, 6.07) is 12.9. The van der Waals surface area contributed by atoms with Gasteiger partial charge in [-0.25, -0.2) is 0 Å². The van der Waals surface area contributed by atoms with Crippen molar-refractivity contribution in [1.82, 2.24) is 5.32 Å². The minimum atomic E-state index is -0.462. The first-order valence-corrected chi connectivity index (χ1v) is 8.15. The maximum Gasteiger partial charge on any atom is 0.269 e. The Kier molecular flexibility index (Phi) is 5.05. The third-order valence-corrected chi connectivity index (χ3v) is 3.97. The summed E-state index contributed by atoms with van der Waals surface area (Å²) in [6.07, 6.45) is 1.56. The summed E-state index contributed by atoms with van der Waals surface area (Å²) in [5.74, 6) is 1.39. The molecule has 0 saturated carbocycles. The monoisotopic (exact) mass is 356 g/mol. The van der Waals surface area contributed by atoms with Crippen molar-refractivity contribution >= 4 is 34.7 Å². The van der Waals surface area contributed by atoms with Crippen molar-refractivity contribution in [2.45, 2.75) is 0 Å². The summed E-state index contributed by atoms with van der Waals surface area (Å²) in [4.78, 5) is 21.2. The highest BCUT2D eigenvalue weighted by molar-refractivity contribution is 8.15. The molecule has 3 rings (SSSR count). The number of nitro groups is 1. The van der Waals surface area contributed by atoms with E-state index in [1.54, 1.807) is 30.5 Å². The van der Waals surface area contributed by atoms with Gasteiger partial charge >= 0.3 is 0 Å². The number of hydrogen-bond donors (Lipinski definition) is 1. The van der Waals surface area contributed by atoms with Gasteiger partial charge in [0.25, 0.3) is 5.69 Å². The molecule has 1 aliphatic rings. The Labute approximate surface area is 146 Å². The van der Waals surface area contributed by atoms with E-state index in [4.69, 9.17) is 4.74 Å². The fraction of sp³-hybridized carbons (Fsp3) is 0.0625. The van der Waals surface area contributed by atoms with Crippen LogP contribution < -0.4 is 10.1 Å². The second kappa shape index (κ2) is 7.58. The maximum atomic E-state index is 11.0. The lowest BCUT2D eigenvalue weighted by atomic mass is 10.2. The zero-order chi connectivity index (χ0) is 17.6. The molecule has 2 aromatic rings. The Bertz CT molecular complexity index is 847. The number of nitrogens with one attached hydrogen (secondary N) is 1. The number of benzene rings is 2. The van der Waals surface area contributed by atoms with Crippen LogP contribution in [-0.2, 0) is 4.79 Å². The second-order valence-corrected chi connectivity index (χ2v) is 5.87. The topological polar surface area (TPSA) is 106 Å². The number of amides is 1. The summed E-state index contributed by atoms with van der Waals surface area (Å²) < 4.78 is 5.62. The lowest BCUT2D eigenvalue weighted by Gasteiger charge is -2.05. The molecule has 0 aromatic heterocycles. The number of hydrogen-bond acceptors (Lipinski definition) is 7. The van der Waals surface area contributed by atoms with E-state index in [0.717, 1.165) is 5.56 Å². The van der Waals surface area contributed by atoms with Crippen LogP contribution >= 0.6 is 11.8 Å². The van der Waals surface area contributed by atoms with Gasteiger partial charge in [0.1, 0.15) is 11.5 Å². The van der Waals surface area contributed by atoms with Gasteiger partial charge < -0.3 is 10.1 Å². The molecule has 1 amide bonds. The maximum absolute atomic E-state index is 11.0. The average Bonchev–Trinajstić information content (AvgIpc) is 3.02. The molecule has 9 heteroatoms. The molecule has 1 fully saturated rings. The van der Waals surface area contributed by atoms with Gasteiger partial charge in [-0.15, -0.1) is 5.10 Å². The number of nitro benzene ring substituents is 1. The van der Waals surface area contributed by atoms with Crippen LogP contribution in [0.2, 0.25) is 0 Å². The number of carbonyl (C=O) groups excluding carboxylic acids is 1. The highest BCUT2D eigenvalue weighted by Crippen LogP contribution is 2.23. The Balaban J connectivity index is 1.60. The standard InChI is InChI=1S/C16H12N4O4S/c21-15-10-25-16(18-15)19-17-9-11-1-5-13(6-2-11)24-14-7-3-12(4-8-14)20(22)23/h1-9H,10H2,(H,18,19,21). The molecule has 2 aromatic carbocycles. The van der Waals surface area contributed by atoms with Crippen LogP contribution in [0.5, 0.6) is 11.5 Å². The SMILES string of the molecule is O=C1CSC(=NN=Cc2ccc(Oc3ccc([N+](=O)[O-])cc3)cc2)N1. The summed E-state index contributed by atoms with van der Waals surface area (Å²) in [5, 5.41) is 21.5. The Morgan fingerprint density at radius 2 is 1.76 bits per heavy atom. The third-order valence-electron chi connectivity index (χ3n) is 3.11. The predicted molar refractivity (Wildman–Crippen MR) is 95.2 cm³/mol. The highest BCUT2D eigenvalue weighted by atomic mass is 32.2. The van der Waals surface area contributed by atoms with Gasteiger partial charge in [0, 0.05) is 12.1 Å². The Morgan fingerprint density at radius 3 is 2.32 bits per heavy atom. The molecule has 1 saturated heterocycles. The molecular weight excluding hydrogens is 344 g/mol. The van der Waals surface area contributed by atoms with E-state index in [2.05, 4.69) is 15.5 Å². The van der Waals surface area contributed by atoms with E-state index >= 15 is 0 Å². The first-order valence-electron chi connectivity index (χ1n) is 7.16. The summed E-state index contributed by atoms with van der Waals surface area (Å²) in [5.41, 5.74) is 0.826. The minimum Gasteiger partial charge on any atom is -0.457 e. The van der Waals surface area contributed by atoms with Crippen LogP contribution in [0.3, 0.4) is 0 Å². The highest BCUT2D eigenvalue weighted by Gasteiger charge is 2.15. The number of amidine groups is 1. The van der Waals surface area contributed by atoms with E-state index in [9.17, 15) is 14.9 Å².